The van der Waals surface area contributed by atoms with Gasteiger partial charge < -0.3 is 9.80 Å². The number of benzene rings is 5. The zero-order valence-electron chi connectivity index (χ0n) is 21.9. The van der Waals surface area contributed by atoms with E-state index in [1.807, 2.05) is 0 Å². The van der Waals surface area contributed by atoms with Gasteiger partial charge in [-0.05, 0) is 77.9 Å². The molecule has 1 aliphatic carbocycles. The molecule has 0 saturated carbocycles. The summed E-state index contributed by atoms with van der Waals surface area (Å²) in [6.07, 6.45) is 7.77. The van der Waals surface area contributed by atoms with Gasteiger partial charge in [0.15, 0.2) is 0 Å². The molecule has 0 amide bonds. The van der Waals surface area contributed by atoms with Gasteiger partial charge in [0, 0.05) is 38.1 Å². The molecule has 0 aromatic heterocycles. The second kappa shape index (κ2) is 11.7. The van der Waals surface area contributed by atoms with Crippen molar-refractivity contribution in [2.24, 2.45) is 0 Å². The van der Waals surface area contributed by atoms with Gasteiger partial charge in [0.05, 0.1) is 0 Å². The second-order valence-electron chi connectivity index (χ2n) is 9.74. The fourth-order valence-corrected chi connectivity index (χ4v) is 6.25. The third kappa shape index (κ3) is 5.30. The van der Waals surface area contributed by atoms with Gasteiger partial charge in [-0.1, -0.05) is 123 Å². The molecule has 6 rings (SSSR count). The summed E-state index contributed by atoms with van der Waals surface area (Å²) in [6, 6.07) is 49.1. The van der Waals surface area contributed by atoms with Crippen molar-refractivity contribution < 1.29 is 0 Å². The number of allylic oxidation sites excluding steroid dienone is 2. The quantitative estimate of drug-likeness (QED) is 0.162. The summed E-state index contributed by atoms with van der Waals surface area (Å²) in [7, 11) is 0. The Balaban J connectivity index is 1.63. The molecule has 2 nitrogen and oxygen atoms in total. The van der Waals surface area contributed by atoms with Crippen LogP contribution >= 0.6 is 31.9 Å². The lowest BCUT2D eigenvalue weighted by atomic mass is 9.88. The third-order valence-electron chi connectivity index (χ3n) is 7.20. The molecule has 0 atom stereocenters. The van der Waals surface area contributed by atoms with Crippen LogP contribution in [0.1, 0.15) is 12.0 Å². The van der Waals surface area contributed by atoms with E-state index in [0.717, 1.165) is 38.1 Å². The van der Waals surface area contributed by atoms with E-state index >= 15 is 0 Å². The molecule has 0 unspecified atom stereocenters. The van der Waals surface area contributed by atoms with Crippen molar-refractivity contribution in [2.45, 2.75) is 12.1 Å². The van der Waals surface area contributed by atoms with Crippen LogP contribution in [0, 0.1) is 0 Å². The van der Waals surface area contributed by atoms with Gasteiger partial charge >= 0.3 is 0 Å². The topological polar surface area (TPSA) is 6.48 Å². The Labute approximate surface area is 253 Å². The van der Waals surface area contributed by atoms with Crippen LogP contribution in [-0.2, 0) is 0 Å². The van der Waals surface area contributed by atoms with Gasteiger partial charge in [-0.3, -0.25) is 0 Å². The zero-order valence-corrected chi connectivity index (χ0v) is 25.0. The predicted octanol–water partition coefficient (Wildman–Crippen LogP) is 10.9. The van der Waals surface area contributed by atoms with Crippen molar-refractivity contribution >= 4 is 60.2 Å². The van der Waals surface area contributed by atoms with Gasteiger partial charge in [0.2, 0.25) is 0 Å². The van der Waals surface area contributed by atoms with Gasteiger partial charge in [0.1, 0.15) is 5.66 Å². The highest BCUT2D eigenvalue weighted by Crippen LogP contribution is 2.47. The molecule has 0 N–H and O–H groups in total. The summed E-state index contributed by atoms with van der Waals surface area (Å²) in [5.41, 5.74) is 6.24. The van der Waals surface area contributed by atoms with Crippen molar-refractivity contribution in [1.82, 2.24) is 0 Å². The number of hydrogen-bond donors (Lipinski definition) is 0. The van der Waals surface area contributed by atoms with Crippen LogP contribution in [0.3, 0.4) is 0 Å². The standard InChI is InChI=1S/C36H28Br2N2/c37-30-14-10-20-34(26-30)39(32-16-6-2-7-17-32)36(24-22-29(23-25-36)28-12-4-1-5-13-28)40(33-18-8-3-9-19-33)35-21-11-15-31(38)27-35/h1-24,26-27H,25H2. The molecular formula is C36H28Br2N2. The number of halogens is 2. The smallest absolute Gasteiger partial charge is 0.145 e. The summed E-state index contributed by atoms with van der Waals surface area (Å²) in [6.45, 7) is 0. The van der Waals surface area contributed by atoms with Crippen LogP contribution < -0.4 is 9.80 Å². The normalized spacial score (nSPS) is 13.9. The van der Waals surface area contributed by atoms with Crippen LogP contribution in [0.4, 0.5) is 22.7 Å². The van der Waals surface area contributed by atoms with Crippen LogP contribution in [0.25, 0.3) is 5.57 Å². The molecule has 0 aliphatic heterocycles. The average Bonchev–Trinajstić information content (AvgIpc) is 3.00. The monoisotopic (exact) mass is 646 g/mol. The maximum atomic E-state index is 3.74. The van der Waals surface area contributed by atoms with Crippen molar-refractivity contribution in [3.63, 3.8) is 0 Å². The third-order valence-corrected chi connectivity index (χ3v) is 8.18. The molecule has 0 heterocycles. The molecule has 40 heavy (non-hydrogen) atoms. The highest BCUT2D eigenvalue weighted by atomic mass is 79.9. The number of anilines is 4. The van der Waals surface area contributed by atoms with E-state index in [4.69, 9.17) is 0 Å². The summed E-state index contributed by atoms with van der Waals surface area (Å²) < 4.78 is 2.07. The minimum atomic E-state index is -0.609. The van der Waals surface area contributed by atoms with Crippen molar-refractivity contribution in [3.05, 3.63) is 172 Å². The van der Waals surface area contributed by atoms with Crippen LogP contribution in [0.5, 0.6) is 0 Å². The lowest BCUT2D eigenvalue weighted by molar-refractivity contribution is 0.526. The van der Waals surface area contributed by atoms with Crippen molar-refractivity contribution in [2.75, 3.05) is 9.80 Å². The minimum absolute atomic E-state index is 0.609. The molecule has 5 aromatic carbocycles. The lowest BCUT2D eigenvalue weighted by Gasteiger charge is -2.52. The first-order chi connectivity index (χ1) is 19.6. The Morgan fingerprint density at radius 2 is 0.950 bits per heavy atom. The molecule has 4 heteroatoms. The fourth-order valence-electron chi connectivity index (χ4n) is 5.47. The van der Waals surface area contributed by atoms with E-state index in [1.54, 1.807) is 0 Å². The second-order valence-corrected chi connectivity index (χ2v) is 11.6. The van der Waals surface area contributed by atoms with Gasteiger partial charge in [-0.25, -0.2) is 0 Å². The highest BCUT2D eigenvalue weighted by molar-refractivity contribution is 9.10. The predicted molar refractivity (Wildman–Crippen MR) is 176 cm³/mol. The summed E-state index contributed by atoms with van der Waals surface area (Å²) >= 11 is 7.49. The largest absolute Gasteiger partial charge is 0.314 e. The fraction of sp³-hybridized carbons (Fsp3) is 0.0556. The van der Waals surface area contributed by atoms with Crippen molar-refractivity contribution in [3.8, 4) is 0 Å². The van der Waals surface area contributed by atoms with Crippen LogP contribution in [0.2, 0.25) is 0 Å². The van der Waals surface area contributed by atoms with E-state index in [0.29, 0.717) is 0 Å². The Bertz CT molecular complexity index is 1560. The number of rotatable bonds is 7. The Morgan fingerprint density at radius 3 is 1.38 bits per heavy atom. The van der Waals surface area contributed by atoms with Crippen LogP contribution in [0.15, 0.2) is 167 Å². The lowest BCUT2D eigenvalue weighted by Crippen LogP contribution is -2.57. The van der Waals surface area contributed by atoms with E-state index in [1.165, 1.54) is 11.1 Å². The highest BCUT2D eigenvalue weighted by Gasteiger charge is 2.43. The average molecular weight is 648 g/mol. The first kappa shape index (κ1) is 26.4. The Kier molecular flexibility index (Phi) is 7.72. The van der Waals surface area contributed by atoms with E-state index in [2.05, 4.69) is 199 Å². The molecule has 0 spiro atoms. The van der Waals surface area contributed by atoms with E-state index in [9.17, 15) is 0 Å². The van der Waals surface area contributed by atoms with Gasteiger partial charge in [-0.2, -0.15) is 0 Å². The zero-order chi connectivity index (χ0) is 27.4. The summed E-state index contributed by atoms with van der Waals surface area (Å²) in [5.74, 6) is 0. The van der Waals surface area contributed by atoms with Crippen molar-refractivity contribution in [1.29, 1.82) is 0 Å². The molecule has 0 saturated heterocycles. The molecule has 0 fully saturated rings. The Morgan fingerprint density at radius 1 is 0.500 bits per heavy atom. The van der Waals surface area contributed by atoms with Gasteiger partial charge in [-0.15, -0.1) is 0 Å². The first-order valence-corrected chi connectivity index (χ1v) is 14.9. The maximum Gasteiger partial charge on any atom is 0.145 e. The molecule has 196 valence electrons. The first-order valence-electron chi connectivity index (χ1n) is 13.3. The Hall–Kier alpha value is -3.86. The number of hydrogen-bond acceptors (Lipinski definition) is 2. The van der Waals surface area contributed by atoms with E-state index in [-0.39, 0.29) is 0 Å². The molecular weight excluding hydrogens is 620 g/mol. The molecule has 0 bridgehead atoms. The van der Waals surface area contributed by atoms with Gasteiger partial charge in [0.25, 0.3) is 0 Å². The SMILES string of the molecule is Brc1cccc(N(c2ccccc2)C2(N(c3ccccc3)c3cccc(Br)c3)C=CC(c3ccccc3)=CC2)c1. The van der Waals surface area contributed by atoms with E-state index < -0.39 is 5.66 Å². The molecule has 1 aliphatic rings. The molecule has 5 aromatic rings. The maximum absolute atomic E-state index is 3.74. The minimum Gasteiger partial charge on any atom is -0.314 e. The summed E-state index contributed by atoms with van der Waals surface area (Å²) in [5, 5.41) is 0. The summed E-state index contributed by atoms with van der Waals surface area (Å²) in [4.78, 5) is 4.92. The number of para-hydroxylation sites is 2. The molecule has 0 radical (unpaired) electrons. The van der Waals surface area contributed by atoms with Crippen LogP contribution in [-0.4, -0.2) is 5.66 Å². The number of nitrogens with zero attached hydrogens (tertiary/aromatic N) is 2.